The van der Waals surface area contributed by atoms with Gasteiger partial charge in [0.25, 0.3) is 0 Å². The molecule has 3 rings (SSSR count). The van der Waals surface area contributed by atoms with Crippen LogP contribution in [0.5, 0.6) is 0 Å². The van der Waals surface area contributed by atoms with Crippen LogP contribution in [0.3, 0.4) is 0 Å². The summed E-state index contributed by atoms with van der Waals surface area (Å²) in [6, 6.07) is 0. The normalized spacial score (nSPS) is 23.7. The predicted octanol–water partition coefficient (Wildman–Crippen LogP) is 1.53. The van der Waals surface area contributed by atoms with Crippen LogP contribution in [0.2, 0.25) is 0 Å². The fourth-order valence-electron chi connectivity index (χ4n) is 3.62. The van der Waals surface area contributed by atoms with Gasteiger partial charge in [0.2, 0.25) is 5.91 Å². The van der Waals surface area contributed by atoms with Gasteiger partial charge in [-0.05, 0) is 39.3 Å². The molecule has 116 valence electrons. The number of likely N-dealkylation sites (tertiary alicyclic amines) is 2. The van der Waals surface area contributed by atoms with Gasteiger partial charge in [0.15, 0.2) is 0 Å². The summed E-state index contributed by atoms with van der Waals surface area (Å²) in [5.74, 6) is 1.82. The van der Waals surface area contributed by atoms with Gasteiger partial charge in [-0.3, -0.25) is 9.69 Å². The minimum Gasteiger partial charge on any atom is -0.341 e. The van der Waals surface area contributed by atoms with Gasteiger partial charge in [0, 0.05) is 32.3 Å². The molecule has 5 nitrogen and oxygen atoms in total. The SMILES string of the molecule is Cc1cn(C)c([C@H]2CCN(C(=O)CN3CCCCC3)C2)n1. The molecule has 2 aliphatic heterocycles. The lowest BCUT2D eigenvalue weighted by Gasteiger charge is -2.27. The third kappa shape index (κ3) is 3.28. The highest BCUT2D eigenvalue weighted by Crippen LogP contribution is 2.26. The fourth-order valence-corrected chi connectivity index (χ4v) is 3.62. The molecule has 2 saturated heterocycles. The highest BCUT2D eigenvalue weighted by molar-refractivity contribution is 5.78. The van der Waals surface area contributed by atoms with Gasteiger partial charge in [0.05, 0.1) is 12.2 Å². The molecule has 0 aromatic carbocycles. The second-order valence-corrected chi connectivity index (χ2v) is 6.51. The zero-order chi connectivity index (χ0) is 14.8. The zero-order valence-electron chi connectivity index (χ0n) is 13.2. The van der Waals surface area contributed by atoms with Crippen molar-refractivity contribution in [1.29, 1.82) is 0 Å². The van der Waals surface area contributed by atoms with Crippen molar-refractivity contribution in [2.75, 3.05) is 32.7 Å². The van der Waals surface area contributed by atoms with Gasteiger partial charge >= 0.3 is 0 Å². The Morgan fingerprint density at radius 1 is 1.29 bits per heavy atom. The Bertz CT molecular complexity index is 504. The molecule has 2 aliphatic rings. The Labute approximate surface area is 126 Å². The highest BCUT2D eigenvalue weighted by Gasteiger charge is 2.30. The first-order valence-electron chi connectivity index (χ1n) is 8.13. The van der Waals surface area contributed by atoms with E-state index in [1.165, 1.54) is 19.3 Å². The second kappa shape index (κ2) is 6.18. The summed E-state index contributed by atoms with van der Waals surface area (Å²) in [4.78, 5) is 21.4. The van der Waals surface area contributed by atoms with E-state index in [0.29, 0.717) is 18.4 Å². The standard InChI is InChI=1S/C16H26N4O/c1-13-10-18(2)16(17-13)14-6-9-20(11-14)15(21)12-19-7-4-3-5-8-19/h10,14H,3-9,11-12H2,1-2H3/t14-/m0/s1. The van der Waals surface area contributed by atoms with E-state index in [2.05, 4.69) is 20.6 Å². The van der Waals surface area contributed by atoms with Gasteiger partial charge in [0.1, 0.15) is 5.82 Å². The molecule has 1 aromatic heterocycles. The van der Waals surface area contributed by atoms with E-state index in [4.69, 9.17) is 0 Å². The summed E-state index contributed by atoms with van der Waals surface area (Å²) in [5.41, 5.74) is 1.06. The lowest BCUT2D eigenvalue weighted by atomic mass is 10.1. The number of hydrogen-bond donors (Lipinski definition) is 0. The summed E-state index contributed by atoms with van der Waals surface area (Å²) >= 11 is 0. The molecule has 0 spiro atoms. The molecule has 0 bridgehead atoms. The molecule has 5 heteroatoms. The Balaban J connectivity index is 1.56. The first-order chi connectivity index (χ1) is 10.1. The van der Waals surface area contributed by atoms with Crippen molar-refractivity contribution in [1.82, 2.24) is 19.4 Å². The van der Waals surface area contributed by atoms with Crippen LogP contribution in [0.1, 0.15) is 43.1 Å². The van der Waals surface area contributed by atoms with Crippen molar-refractivity contribution in [3.8, 4) is 0 Å². The summed E-state index contributed by atoms with van der Waals surface area (Å²) < 4.78 is 2.11. The first-order valence-corrected chi connectivity index (χ1v) is 8.13. The molecular formula is C16H26N4O. The lowest BCUT2D eigenvalue weighted by molar-refractivity contribution is -0.131. The maximum atomic E-state index is 12.4. The number of amides is 1. The van der Waals surface area contributed by atoms with E-state index in [1.54, 1.807) is 0 Å². The molecule has 1 atom stereocenters. The molecule has 0 radical (unpaired) electrons. The van der Waals surface area contributed by atoms with Gasteiger partial charge in [-0.15, -0.1) is 0 Å². The number of aryl methyl sites for hydroxylation is 2. The van der Waals surface area contributed by atoms with Crippen LogP contribution < -0.4 is 0 Å². The van der Waals surface area contributed by atoms with E-state index < -0.39 is 0 Å². The second-order valence-electron chi connectivity index (χ2n) is 6.51. The molecule has 2 fully saturated rings. The summed E-state index contributed by atoms with van der Waals surface area (Å²) in [6.07, 6.45) is 6.89. The number of carbonyl (C=O) groups is 1. The van der Waals surface area contributed by atoms with Crippen molar-refractivity contribution in [2.24, 2.45) is 7.05 Å². The average molecular weight is 290 g/mol. The molecule has 1 aromatic rings. The zero-order valence-corrected chi connectivity index (χ0v) is 13.2. The minimum atomic E-state index is 0.297. The van der Waals surface area contributed by atoms with Crippen LogP contribution >= 0.6 is 0 Å². The predicted molar refractivity (Wildman–Crippen MR) is 82.2 cm³/mol. The van der Waals surface area contributed by atoms with E-state index in [1.807, 2.05) is 18.9 Å². The van der Waals surface area contributed by atoms with Crippen LogP contribution in [0, 0.1) is 6.92 Å². The third-order valence-corrected chi connectivity index (χ3v) is 4.75. The number of imidazole rings is 1. The number of piperidine rings is 1. The van der Waals surface area contributed by atoms with Gasteiger partial charge < -0.3 is 9.47 Å². The maximum absolute atomic E-state index is 12.4. The van der Waals surface area contributed by atoms with Crippen LogP contribution in [0.25, 0.3) is 0 Å². The van der Waals surface area contributed by atoms with Gasteiger partial charge in [-0.25, -0.2) is 4.98 Å². The Kier molecular flexibility index (Phi) is 4.29. The van der Waals surface area contributed by atoms with Crippen molar-refractivity contribution in [3.05, 3.63) is 17.7 Å². The van der Waals surface area contributed by atoms with Gasteiger partial charge in [-0.1, -0.05) is 6.42 Å². The molecule has 21 heavy (non-hydrogen) atoms. The average Bonchev–Trinajstić information content (AvgIpc) is 3.06. The van der Waals surface area contributed by atoms with Crippen LogP contribution in [-0.4, -0.2) is 58.0 Å². The molecule has 0 saturated carbocycles. The fraction of sp³-hybridized carbons (Fsp3) is 0.750. The van der Waals surface area contributed by atoms with E-state index in [0.717, 1.165) is 44.1 Å². The number of aromatic nitrogens is 2. The largest absolute Gasteiger partial charge is 0.341 e. The van der Waals surface area contributed by atoms with Gasteiger partial charge in [-0.2, -0.15) is 0 Å². The highest BCUT2D eigenvalue weighted by atomic mass is 16.2. The monoisotopic (exact) mass is 290 g/mol. The van der Waals surface area contributed by atoms with E-state index in [-0.39, 0.29) is 0 Å². The molecular weight excluding hydrogens is 264 g/mol. The molecule has 0 unspecified atom stereocenters. The van der Waals surface area contributed by atoms with Crippen LogP contribution in [0.4, 0.5) is 0 Å². The summed E-state index contributed by atoms with van der Waals surface area (Å²) in [6.45, 7) is 6.51. The van der Waals surface area contributed by atoms with Crippen molar-refractivity contribution < 1.29 is 4.79 Å². The minimum absolute atomic E-state index is 0.297. The molecule has 3 heterocycles. The van der Waals surface area contributed by atoms with Crippen molar-refractivity contribution in [3.63, 3.8) is 0 Å². The Morgan fingerprint density at radius 2 is 2.05 bits per heavy atom. The topological polar surface area (TPSA) is 41.4 Å². The van der Waals surface area contributed by atoms with Crippen LogP contribution in [-0.2, 0) is 11.8 Å². The molecule has 0 N–H and O–H groups in total. The summed E-state index contributed by atoms with van der Waals surface area (Å²) in [7, 11) is 2.05. The van der Waals surface area contributed by atoms with E-state index in [9.17, 15) is 4.79 Å². The maximum Gasteiger partial charge on any atom is 0.236 e. The molecule has 1 amide bonds. The summed E-state index contributed by atoms with van der Waals surface area (Å²) in [5, 5.41) is 0. The molecule has 0 aliphatic carbocycles. The quantitative estimate of drug-likeness (QED) is 0.848. The Morgan fingerprint density at radius 3 is 2.71 bits per heavy atom. The van der Waals surface area contributed by atoms with Crippen molar-refractivity contribution >= 4 is 5.91 Å². The number of rotatable bonds is 3. The van der Waals surface area contributed by atoms with E-state index >= 15 is 0 Å². The lowest BCUT2D eigenvalue weighted by Crippen LogP contribution is -2.41. The third-order valence-electron chi connectivity index (χ3n) is 4.75. The number of nitrogens with zero attached hydrogens (tertiary/aromatic N) is 4. The number of hydrogen-bond acceptors (Lipinski definition) is 3. The van der Waals surface area contributed by atoms with Crippen molar-refractivity contribution in [2.45, 2.75) is 38.5 Å². The number of carbonyl (C=O) groups excluding carboxylic acids is 1. The Hall–Kier alpha value is -1.36. The first kappa shape index (κ1) is 14.6. The van der Waals surface area contributed by atoms with Crippen LogP contribution in [0.15, 0.2) is 6.20 Å². The smallest absolute Gasteiger partial charge is 0.236 e.